The fraction of sp³-hybridized carbons (Fsp3) is 0.188. The fourth-order valence-corrected chi connectivity index (χ4v) is 3.89. The van der Waals surface area contributed by atoms with Crippen LogP contribution in [-0.2, 0) is 14.8 Å². The summed E-state index contributed by atoms with van der Waals surface area (Å²) in [5.74, 6) is 0.00667. The highest BCUT2D eigenvalue weighted by molar-refractivity contribution is 7.92. The second kappa shape index (κ2) is 6.93. The molecule has 2 aromatic rings. The number of nitro benzene ring substituents is 1. The van der Waals surface area contributed by atoms with Crippen LogP contribution in [0, 0.1) is 10.1 Å². The SMILES string of the molecule is O=C1CCCN1c1ccc(S(=O)(=O)Nc2ccc(Cl)c([N+](=O)[O-])c2)cc1. The Bertz CT molecular complexity index is 976. The molecular weight excluding hydrogens is 382 g/mol. The standard InChI is InChI=1S/C16H14ClN3O5S/c17-14-8-3-11(10-15(14)20(22)23)18-26(24,25)13-6-4-12(5-7-13)19-9-1-2-16(19)21/h3-8,10,18H,1-2,9H2. The maximum Gasteiger partial charge on any atom is 0.289 e. The van der Waals surface area contributed by atoms with E-state index in [0.717, 1.165) is 12.5 Å². The number of benzene rings is 2. The molecule has 1 N–H and O–H groups in total. The van der Waals surface area contributed by atoms with Gasteiger partial charge in [0.15, 0.2) is 0 Å². The van der Waals surface area contributed by atoms with Crippen molar-refractivity contribution in [1.82, 2.24) is 0 Å². The Morgan fingerprint density at radius 3 is 2.42 bits per heavy atom. The van der Waals surface area contributed by atoms with Crippen LogP contribution >= 0.6 is 11.6 Å². The quantitative estimate of drug-likeness (QED) is 0.617. The van der Waals surface area contributed by atoms with Crippen LogP contribution in [0.25, 0.3) is 0 Å². The van der Waals surface area contributed by atoms with E-state index in [1.165, 1.54) is 24.3 Å². The zero-order chi connectivity index (χ0) is 18.9. The third-order valence-corrected chi connectivity index (χ3v) is 5.64. The first-order valence-corrected chi connectivity index (χ1v) is 9.51. The van der Waals surface area contributed by atoms with Gasteiger partial charge in [-0.2, -0.15) is 0 Å². The number of anilines is 2. The first kappa shape index (κ1) is 18.2. The maximum atomic E-state index is 12.5. The topological polar surface area (TPSA) is 110 Å². The highest BCUT2D eigenvalue weighted by atomic mass is 35.5. The second-order valence-corrected chi connectivity index (χ2v) is 7.76. The molecule has 1 fully saturated rings. The van der Waals surface area contributed by atoms with E-state index < -0.39 is 20.6 Å². The van der Waals surface area contributed by atoms with Crippen molar-refractivity contribution in [2.24, 2.45) is 0 Å². The summed E-state index contributed by atoms with van der Waals surface area (Å²) in [5, 5.41) is 10.8. The number of amides is 1. The van der Waals surface area contributed by atoms with Crippen LogP contribution in [0.15, 0.2) is 47.4 Å². The Morgan fingerprint density at radius 1 is 1.15 bits per heavy atom. The number of carbonyl (C=O) groups is 1. The van der Waals surface area contributed by atoms with Crippen LogP contribution in [0.2, 0.25) is 5.02 Å². The van der Waals surface area contributed by atoms with Gasteiger partial charge in [-0.25, -0.2) is 8.42 Å². The Balaban J connectivity index is 1.83. The first-order chi connectivity index (χ1) is 12.3. The number of nitro groups is 1. The van der Waals surface area contributed by atoms with Gasteiger partial charge >= 0.3 is 0 Å². The normalized spacial score (nSPS) is 14.5. The van der Waals surface area contributed by atoms with Gasteiger partial charge in [0.2, 0.25) is 5.91 Å². The predicted octanol–water partition coefficient (Wildman–Crippen LogP) is 3.18. The largest absolute Gasteiger partial charge is 0.312 e. The number of hydrogen-bond acceptors (Lipinski definition) is 5. The average molecular weight is 396 g/mol. The van der Waals surface area contributed by atoms with Gasteiger partial charge in [0.05, 0.1) is 15.5 Å². The van der Waals surface area contributed by atoms with Crippen molar-refractivity contribution in [2.45, 2.75) is 17.7 Å². The Morgan fingerprint density at radius 2 is 1.85 bits per heavy atom. The van der Waals surface area contributed by atoms with Gasteiger partial charge in [-0.15, -0.1) is 0 Å². The van der Waals surface area contributed by atoms with Gasteiger partial charge in [0.25, 0.3) is 15.7 Å². The molecule has 0 atom stereocenters. The summed E-state index contributed by atoms with van der Waals surface area (Å²) in [4.78, 5) is 23.5. The van der Waals surface area contributed by atoms with E-state index in [9.17, 15) is 23.3 Å². The molecule has 0 unspecified atom stereocenters. The second-order valence-electron chi connectivity index (χ2n) is 5.67. The molecule has 0 radical (unpaired) electrons. The van der Waals surface area contributed by atoms with Gasteiger partial charge in [-0.1, -0.05) is 11.6 Å². The number of rotatable bonds is 5. The zero-order valence-electron chi connectivity index (χ0n) is 13.4. The fourth-order valence-electron chi connectivity index (χ4n) is 2.66. The summed E-state index contributed by atoms with van der Waals surface area (Å²) >= 11 is 5.72. The number of halogens is 1. The molecular formula is C16H14ClN3O5S. The van der Waals surface area contributed by atoms with E-state index in [-0.39, 0.29) is 21.5 Å². The lowest BCUT2D eigenvalue weighted by Crippen LogP contribution is -2.23. The van der Waals surface area contributed by atoms with Gasteiger partial charge in [-0.3, -0.25) is 19.6 Å². The molecule has 8 nitrogen and oxygen atoms in total. The Labute approximate surface area is 154 Å². The van der Waals surface area contributed by atoms with Crippen LogP contribution in [0.3, 0.4) is 0 Å². The molecule has 0 bridgehead atoms. The van der Waals surface area contributed by atoms with E-state index in [1.54, 1.807) is 17.0 Å². The summed E-state index contributed by atoms with van der Waals surface area (Å²) in [7, 11) is -3.94. The lowest BCUT2D eigenvalue weighted by Gasteiger charge is -2.16. The van der Waals surface area contributed by atoms with Crippen LogP contribution in [0.4, 0.5) is 17.1 Å². The molecule has 3 rings (SSSR count). The van der Waals surface area contributed by atoms with Crippen molar-refractivity contribution in [1.29, 1.82) is 0 Å². The average Bonchev–Trinajstić information content (AvgIpc) is 3.02. The van der Waals surface area contributed by atoms with Crippen molar-refractivity contribution in [3.05, 3.63) is 57.6 Å². The van der Waals surface area contributed by atoms with E-state index in [4.69, 9.17) is 11.6 Å². The maximum absolute atomic E-state index is 12.5. The molecule has 1 aliphatic heterocycles. The van der Waals surface area contributed by atoms with Crippen LogP contribution < -0.4 is 9.62 Å². The molecule has 10 heteroatoms. The molecule has 0 aromatic heterocycles. The first-order valence-electron chi connectivity index (χ1n) is 7.65. The number of carbonyl (C=O) groups excluding carboxylic acids is 1. The van der Waals surface area contributed by atoms with E-state index >= 15 is 0 Å². The molecule has 1 saturated heterocycles. The van der Waals surface area contributed by atoms with Gasteiger partial charge in [-0.05, 0) is 42.8 Å². The van der Waals surface area contributed by atoms with Gasteiger partial charge < -0.3 is 4.90 Å². The van der Waals surface area contributed by atoms with Crippen molar-refractivity contribution in [3.8, 4) is 0 Å². The van der Waals surface area contributed by atoms with E-state index in [2.05, 4.69) is 4.72 Å². The molecule has 136 valence electrons. The summed E-state index contributed by atoms with van der Waals surface area (Å²) in [6.07, 6.45) is 1.26. The summed E-state index contributed by atoms with van der Waals surface area (Å²) in [6.45, 7) is 0.609. The monoisotopic (exact) mass is 395 g/mol. The molecule has 26 heavy (non-hydrogen) atoms. The smallest absolute Gasteiger partial charge is 0.289 e. The minimum Gasteiger partial charge on any atom is -0.312 e. The number of nitrogens with zero attached hydrogens (tertiary/aromatic N) is 2. The number of hydrogen-bond donors (Lipinski definition) is 1. The molecule has 0 aliphatic carbocycles. The molecule has 1 aliphatic rings. The highest BCUT2D eigenvalue weighted by Crippen LogP contribution is 2.29. The summed E-state index contributed by atoms with van der Waals surface area (Å²) < 4.78 is 27.2. The third kappa shape index (κ3) is 3.63. The van der Waals surface area contributed by atoms with Crippen molar-refractivity contribution in [2.75, 3.05) is 16.2 Å². The van der Waals surface area contributed by atoms with Crippen LogP contribution in [0.5, 0.6) is 0 Å². The lowest BCUT2D eigenvalue weighted by atomic mass is 10.3. The van der Waals surface area contributed by atoms with Gasteiger partial charge in [0, 0.05) is 24.7 Å². The lowest BCUT2D eigenvalue weighted by molar-refractivity contribution is -0.384. The zero-order valence-corrected chi connectivity index (χ0v) is 15.0. The predicted molar refractivity (Wildman–Crippen MR) is 96.9 cm³/mol. The van der Waals surface area contributed by atoms with Crippen LogP contribution in [-0.4, -0.2) is 25.8 Å². The van der Waals surface area contributed by atoms with Crippen molar-refractivity contribution < 1.29 is 18.1 Å². The Kier molecular flexibility index (Phi) is 4.84. The van der Waals surface area contributed by atoms with Gasteiger partial charge in [0.1, 0.15) is 5.02 Å². The van der Waals surface area contributed by atoms with Crippen LogP contribution in [0.1, 0.15) is 12.8 Å². The van der Waals surface area contributed by atoms with E-state index in [1.807, 2.05) is 0 Å². The summed E-state index contributed by atoms with van der Waals surface area (Å²) in [6, 6.07) is 9.52. The minimum absolute atomic E-state index is 0.00667. The van der Waals surface area contributed by atoms with Crippen molar-refractivity contribution in [3.63, 3.8) is 0 Å². The minimum atomic E-state index is -3.94. The molecule has 0 saturated carbocycles. The summed E-state index contributed by atoms with van der Waals surface area (Å²) in [5.41, 5.74) is 0.267. The highest BCUT2D eigenvalue weighted by Gasteiger charge is 2.23. The number of sulfonamides is 1. The van der Waals surface area contributed by atoms with Crippen molar-refractivity contribution >= 4 is 44.6 Å². The Hall–Kier alpha value is -2.65. The molecule has 2 aromatic carbocycles. The number of nitrogens with one attached hydrogen (secondary N) is 1. The molecule has 1 amide bonds. The van der Waals surface area contributed by atoms with E-state index in [0.29, 0.717) is 18.7 Å². The molecule has 0 spiro atoms. The molecule has 1 heterocycles. The third-order valence-electron chi connectivity index (χ3n) is 3.93.